The van der Waals surface area contributed by atoms with Crippen LogP contribution in [-0.4, -0.2) is 5.11 Å². The summed E-state index contributed by atoms with van der Waals surface area (Å²) in [6.45, 7) is 0. The highest BCUT2D eigenvalue weighted by Crippen LogP contribution is 2.32. The molecule has 1 aromatic heterocycles. The molecule has 3 aromatic rings. The van der Waals surface area contributed by atoms with E-state index in [1.807, 2.05) is 6.07 Å². The molecule has 2 aromatic carbocycles. The molecule has 1 heterocycles. The van der Waals surface area contributed by atoms with Gasteiger partial charge in [-0.1, -0.05) is 35.3 Å². The number of para-hydroxylation sites is 1. The zero-order valence-corrected chi connectivity index (χ0v) is 11.6. The van der Waals surface area contributed by atoms with Crippen LogP contribution in [0.2, 0.25) is 10.0 Å². The Balaban J connectivity index is 2.07. The molecule has 0 bridgehead atoms. The van der Waals surface area contributed by atoms with Gasteiger partial charge in [0.1, 0.15) is 17.7 Å². The Morgan fingerprint density at radius 2 is 1.90 bits per heavy atom. The molecular weight excluding hydrogens is 302 g/mol. The molecular formula is C15H9Cl2FO2. The second kappa shape index (κ2) is 5.09. The molecule has 0 aliphatic rings. The van der Waals surface area contributed by atoms with Gasteiger partial charge >= 0.3 is 0 Å². The van der Waals surface area contributed by atoms with Gasteiger partial charge < -0.3 is 9.52 Å². The van der Waals surface area contributed by atoms with E-state index in [4.69, 9.17) is 27.6 Å². The van der Waals surface area contributed by atoms with Gasteiger partial charge in [-0.3, -0.25) is 0 Å². The number of aliphatic hydroxyl groups is 1. The summed E-state index contributed by atoms with van der Waals surface area (Å²) >= 11 is 11.8. The number of aliphatic hydroxyl groups excluding tert-OH is 1. The summed E-state index contributed by atoms with van der Waals surface area (Å²) in [5.41, 5.74) is 0.816. The standard InChI is InChI=1S/C15H9Cl2FO2/c16-10-4-9(5-11(18)7-10)14(19)13-6-8-2-1-3-12(17)15(8)20-13/h1-7,14,19H. The van der Waals surface area contributed by atoms with Crippen molar-refractivity contribution in [1.29, 1.82) is 0 Å². The summed E-state index contributed by atoms with van der Waals surface area (Å²) in [5, 5.41) is 11.7. The molecule has 0 saturated carbocycles. The number of hydrogen-bond acceptors (Lipinski definition) is 2. The second-order valence-corrected chi connectivity index (χ2v) is 5.26. The van der Waals surface area contributed by atoms with E-state index in [-0.39, 0.29) is 10.8 Å². The van der Waals surface area contributed by atoms with E-state index in [1.54, 1.807) is 18.2 Å². The lowest BCUT2D eigenvalue weighted by Gasteiger charge is -2.08. The second-order valence-electron chi connectivity index (χ2n) is 4.41. The van der Waals surface area contributed by atoms with Crippen LogP contribution in [0.25, 0.3) is 11.0 Å². The molecule has 0 saturated heterocycles. The van der Waals surface area contributed by atoms with Gasteiger partial charge in [0, 0.05) is 10.4 Å². The monoisotopic (exact) mass is 310 g/mol. The summed E-state index contributed by atoms with van der Waals surface area (Å²) in [7, 11) is 0. The fourth-order valence-electron chi connectivity index (χ4n) is 2.08. The summed E-state index contributed by atoms with van der Waals surface area (Å²) in [6.07, 6.45) is -1.10. The molecule has 3 rings (SSSR count). The van der Waals surface area contributed by atoms with Crippen molar-refractivity contribution in [3.05, 3.63) is 69.7 Å². The minimum absolute atomic E-state index is 0.216. The Hall–Kier alpha value is -1.55. The number of halogens is 3. The van der Waals surface area contributed by atoms with Crippen molar-refractivity contribution >= 4 is 34.2 Å². The van der Waals surface area contributed by atoms with Gasteiger partial charge in [0.25, 0.3) is 0 Å². The third-order valence-corrected chi connectivity index (χ3v) is 3.50. The molecule has 2 nitrogen and oxygen atoms in total. The predicted molar refractivity (Wildman–Crippen MR) is 76.7 cm³/mol. The zero-order chi connectivity index (χ0) is 14.3. The van der Waals surface area contributed by atoms with Gasteiger partial charge in [0.05, 0.1) is 5.02 Å². The number of rotatable bonds is 2. The fraction of sp³-hybridized carbons (Fsp3) is 0.0667. The first-order valence-electron chi connectivity index (χ1n) is 5.86. The summed E-state index contributed by atoms with van der Waals surface area (Å²) < 4.78 is 18.9. The van der Waals surface area contributed by atoms with Gasteiger partial charge in [-0.25, -0.2) is 4.39 Å². The maximum Gasteiger partial charge on any atom is 0.153 e. The fourth-order valence-corrected chi connectivity index (χ4v) is 2.53. The van der Waals surface area contributed by atoms with Crippen LogP contribution in [0.3, 0.4) is 0 Å². The Labute approximate surface area is 124 Å². The summed E-state index contributed by atoms with van der Waals surface area (Å²) in [5.74, 6) is -0.226. The van der Waals surface area contributed by atoms with Crippen LogP contribution in [0.5, 0.6) is 0 Å². The first-order chi connectivity index (χ1) is 9.54. The van der Waals surface area contributed by atoms with Crippen molar-refractivity contribution in [2.24, 2.45) is 0 Å². The zero-order valence-electron chi connectivity index (χ0n) is 10.1. The summed E-state index contributed by atoms with van der Waals surface area (Å²) in [6, 6.07) is 10.9. The van der Waals surface area contributed by atoms with Gasteiger partial charge in [-0.15, -0.1) is 0 Å². The van der Waals surface area contributed by atoms with Crippen molar-refractivity contribution in [2.45, 2.75) is 6.10 Å². The highest BCUT2D eigenvalue weighted by atomic mass is 35.5. The Morgan fingerprint density at radius 1 is 1.10 bits per heavy atom. The predicted octanol–water partition coefficient (Wildman–Crippen LogP) is 4.96. The van der Waals surface area contributed by atoms with Crippen molar-refractivity contribution in [1.82, 2.24) is 0 Å². The van der Waals surface area contributed by atoms with E-state index in [0.29, 0.717) is 16.2 Å². The quantitative estimate of drug-likeness (QED) is 0.725. The molecule has 0 fully saturated rings. The molecule has 1 unspecified atom stereocenters. The number of hydrogen-bond donors (Lipinski definition) is 1. The van der Waals surface area contributed by atoms with Crippen molar-refractivity contribution < 1.29 is 13.9 Å². The van der Waals surface area contributed by atoms with Gasteiger partial charge in [0.15, 0.2) is 5.58 Å². The lowest BCUT2D eigenvalue weighted by atomic mass is 10.1. The van der Waals surface area contributed by atoms with E-state index in [9.17, 15) is 9.50 Å². The van der Waals surface area contributed by atoms with Crippen molar-refractivity contribution in [2.75, 3.05) is 0 Å². The smallest absolute Gasteiger partial charge is 0.153 e. The molecule has 0 aliphatic carbocycles. The number of furan rings is 1. The molecule has 1 N–H and O–H groups in total. The highest BCUT2D eigenvalue weighted by molar-refractivity contribution is 6.34. The Kier molecular flexibility index (Phi) is 3.42. The van der Waals surface area contributed by atoms with E-state index in [1.165, 1.54) is 18.2 Å². The number of benzene rings is 2. The molecule has 1 atom stereocenters. The molecule has 102 valence electrons. The topological polar surface area (TPSA) is 33.4 Å². The van der Waals surface area contributed by atoms with E-state index in [0.717, 1.165) is 5.39 Å². The maximum atomic E-state index is 13.3. The lowest BCUT2D eigenvalue weighted by Crippen LogP contribution is -1.98. The van der Waals surface area contributed by atoms with Crippen molar-refractivity contribution in [3.63, 3.8) is 0 Å². The largest absolute Gasteiger partial charge is 0.456 e. The molecule has 0 spiro atoms. The molecule has 20 heavy (non-hydrogen) atoms. The van der Waals surface area contributed by atoms with Crippen LogP contribution in [-0.2, 0) is 0 Å². The average molecular weight is 311 g/mol. The first kappa shape index (κ1) is 13.4. The van der Waals surface area contributed by atoms with Gasteiger partial charge in [-0.2, -0.15) is 0 Å². The lowest BCUT2D eigenvalue weighted by molar-refractivity contribution is 0.192. The third-order valence-electron chi connectivity index (χ3n) is 2.99. The number of fused-ring (bicyclic) bond motifs is 1. The van der Waals surface area contributed by atoms with E-state index < -0.39 is 11.9 Å². The van der Waals surface area contributed by atoms with Crippen LogP contribution < -0.4 is 0 Å². The van der Waals surface area contributed by atoms with Crippen LogP contribution in [0.4, 0.5) is 4.39 Å². The van der Waals surface area contributed by atoms with Crippen LogP contribution in [0.1, 0.15) is 17.4 Å². The third kappa shape index (κ3) is 2.40. The SMILES string of the molecule is OC(c1cc(F)cc(Cl)c1)c1cc2cccc(Cl)c2o1. The molecule has 0 amide bonds. The maximum absolute atomic E-state index is 13.3. The average Bonchev–Trinajstić information content (AvgIpc) is 2.82. The minimum atomic E-state index is -1.10. The van der Waals surface area contributed by atoms with Gasteiger partial charge in [-0.05, 0) is 35.9 Å². The Bertz CT molecular complexity index is 762. The van der Waals surface area contributed by atoms with Crippen LogP contribution >= 0.6 is 23.2 Å². The van der Waals surface area contributed by atoms with Gasteiger partial charge in [0.2, 0.25) is 0 Å². The highest BCUT2D eigenvalue weighted by Gasteiger charge is 2.18. The molecule has 0 radical (unpaired) electrons. The van der Waals surface area contributed by atoms with E-state index >= 15 is 0 Å². The minimum Gasteiger partial charge on any atom is -0.456 e. The normalized spacial score (nSPS) is 12.8. The van der Waals surface area contributed by atoms with E-state index in [2.05, 4.69) is 0 Å². The Morgan fingerprint density at radius 3 is 2.60 bits per heavy atom. The van der Waals surface area contributed by atoms with Crippen LogP contribution in [0, 0.1) is 5.82 Å². The summed E-state index contributed by atoms with van der Waals surface area (Å²) in [4.78, 5) is 0. The molecule has 5 heteroatoms. The molecule has 0 aliphatic heterocycles. The van der Waals surface area contributed by atoms with Crippen LogP contribution in [0.15, 0.2) is 46.9 Å². The van der Waals surface area contributed by atoms with Crippen molar-refractivity contribution in [3.8, 4) is 0 Å². The first-order valence-corrected chi connectivity index (χ1v) is 6.62.